The van der Waals surface area contributed by atoms with Crippen LogP contribution in [0.15, 0.2) is 72.8 Å². The summed E-state index contributed by atoms with van der Waals surface area (Å²) >= 11 is 0. The minimum absolute atomic E-state index is 0.420. The number of benzene rings is 3. The summed E-state index contributed by atoms with van der Waals surface area (Å²) < 4.78 is 28.0. The van der Waals surface area contributed by atoms with Gasteiger partial charge in [-0.1, -0.05) is 66.7 Å². The van der Waals surface area contributed by atoms with Gasteiger partial charge in [-0.25, -0.2) is 4.57 Å². The highest BCUT2D eigenvalue weighted by Gasteiger charge is 2.26. The zero-order valence-electron chi connectivity index (χ0n) is 14.1. The van der Waals surface area contributed by atoms with Crippen molar-refractivity contribution in [1.29, 1.82) is 0 Å². The molecule has 3 rings (SSSR count). The molecule has 0 saturated carbocycles. The Balaban J connectivity index is 2.09. The molecule has 0 bridgehead atoms. The standard InChI is InChI=1S/C20H19O4P/c1-22-25(21,23-2)24-20(14-16-8-4-3-5-9-16)19-13-12-17-10-6-7-11-18(17)15-19/h3-15H,1-2H3. The van der Waals surface area contributed by atoms with Crippen molar-refractivity contribution in [3.05, 3.63) is 83.9 Å². The third kappa shape index (κ3) is 4.18. The fourth-order valence-electron chi connectivity index (χ4n) is 2.48. The first kappa shape index (κ1) is 17.4. The zero-order valence-corrected chi connectivity index (χ0v) is 15.0. The maximum atomic E-state index is 12.5. The highest BCUT2D eigenvalue weighted by molar-refractivity contribution is 7.48. The Morgan fingerprint density at radius 2 is 1.48 bits per heavy atom. The molecule has 25 heavy (non-hydrogen) atoms. The molecule has 0 radical (unpaired) electrons. The van der Waals surface area contributed by atoms with Gasteiger partial charge in [-0.2, -0.15) is 0 Å². The largest absolute Gasteiger partial charge is 0.529 e. The van der Waals surface area contributed by atoms with Crippen LogP contribution in [0.3, 0.4) is 0 Å². The van der Waals surface area contributed by atoms with Crippen molar-refractivity contribution in [1.82, 2.24) is 0 Å². The van der Waals surface area contributed by atoms with Gasteiger partial charge in [0.2, 0.25) is 0 Å². The fourth-order valence-corrected chi connectivity index (χ4v) is 3.17. The lowest BCUT2D eigenvalue weighted by molar-refractivity contribution is 0.201. The highest BCUT2D eigenvalue weighted by atomic mass is 31.2. The van der Waals surface area contributed by atoms with E-state index in [4.69, 9.17) is 13.6 Å². The quantitative estimate of drug-likeness (QED) is 0.321. The van der Waals surface area contributed by atoms with Gasteiger partial charge in [-0.3, -0.25) is 9.05 Å². The first-order valence-corrected chi connectivity index (χ1v) is 9.26. The Kier molecular flexibility index (Phi) is 5.34. The summed E-state index contributed by atoms with van der Waals surface area (Å²) in [5.41, 5.74) is 1.71. The molecule has 3 aromatic rings. The molecule has 4 nitrogen and oxygen atoms in total. The Bertz CT molecular complexity index is 927. The first-order chi connectivity index (χ1) is 12.1. The van der Waals surface area contributed by atoms with Gasteiger partial charge in [0.25, 0.3) is 0 Å². The second-order valence-corrected chi connectivity index (χ2v) is 7.19. The molecule has 0 amide bonds. The fraction of sp³-hybridized carbons (Fsp3) is 0.100. The molecule has 0 heterocycles. The van der Waals surface area contributed by atoms with Crippen molar-refractivity contribution in [2.24, 2.45) is 0 Å². The second-order valence-electron chi connectivity index (χ2n) is 5.38. The number of hydrogen-bond acceptors (Lipinski definition) is 4. The summed E-state index contributed by atoms with van der Waals surface area (Å²) in [6.45, 7) is 0. The van der Waals surface area contributed by atoms with Gasteiger partial charge in [0.05, 0.1) is 0 Å². The minimum Gasteiger partial charge on any atom is -0.403 e. The van der Waals surface area contributed by atoms with Gasteiger partial charge in [0.1, 0.15) is 5.76 Å². The van der Waals surface area contributed by atoms with E-state index in [9.17, 15) is 4.57 Å². The lowest BCUT2D eigenvalue weighted by Gasteiger charge is -2.17. The van der Waals surface area contributed by atoms with E-state index in [0.717, 1.165) is 21.9 Å². The molecule has 5 heteroatoms. The molecule has 0 unspecified atom stereocenters. The monoisotopic (exact) mass is 354 g/mol. The molecule has 0 spiro atoms. The van der Waals surface area contributed by atoms with E-state index in [0.29, 0.717) is 5.76 Å². The van der Waals surface area contributed by atoms with Crippen molar-refractivity contribution in [2.45, 2.75) is 0 Å². The SMILES string of the molecule is COP(=O)(OC)OC(=Cc1ccccc1)c1ccc2ccccc2c1. The van der Waals surface area contributed by atoms with E-state index in [-0.39, 0.29) is 0 Å². The topological polar surface area (TPSA) is 44.8 Å². The van der Waals surface area contributed by atoms with Crippen molar-refractivity contribution < 1.29 is 18.1 Å². The average Bonchev–Trinajstić information content (AvgIpc) is 2.68. The van der Waals surface area contributed by atoms with Crippen LogP contribution in [0.1, 0.15) is 11.1 Å². The van der Waals surface area contributed by atoms with Crippen molar-refractivity contribution >= 4 is 30.4 Å². The predicted octanol–water partition coefficient (Wildman–Crippen LogP) is 5.76. The summed E-state index contributed by atoms with van der Waals surface area (Å²) in [6.07, 6.45) is 1.81. The van der Waals surface area contributed by atoms with Crippen LogP contribution in [0.25, 0.3) is 22.6 Å². The summed E-state index contributed by atoms with van der Waals surface area (Å²) in [5, 5.41) is 2.18. The summed E-state index contributed by atoms with van der Waals surface area (Å²) in [7, 11) is -1.08. The van der Waals surface area contributed by atoms with E-state index < -0.39 is 7.82 Å². The highest BCUT2D eigenvalue weighted by Crippen LogP contribution is 2.51. The maximum absolute atomic E-state index is 12.5. The molecule has 3 aromatic carbocycles. The third-order valence-electron chi connectivity index (χ3n) is 3.79. The molecule has 0 aliphatic heterocycles. The molecular weight excluding hydrogens is 335 g/mol. The Morgan fingerprint density at radius 3 is 2.16 bits per heavy atom. The lowest BCUT2D eigenvalue weighted by Crippen LogP contribution is -1.96. The van der Waals surface area contributed by atoms with E-state index in [2.05, 4.69) is 0 Å². The van der Waals surface area contributed by atoms with Crippen LogP contribution < -0.4 is 0 Å². The van der Waals surface area contributed by atoms with Gasteiger partial charge < -0.3 is 4.52 Å². The van der Waals surface area contributed by atoms with Crippen LogP contribution in [-0.4, -0.2) is 14.2 Å². The van der Waals surface area contributed by atoms with E-state index >= 15 is 0 Å². The van der Waals surface area contributed by atoms with Crippen molar-refractivity contribution in [2.75, 3.05) is 14.2 Å². The van der Waals surface area contributed by atoms with Gasteiger partial charge in [0.15, 0.2) is 0 Å². The Labute approximate surface area is 147 Å². The molecule has 0 aliphatic carbocycles. The molecule has 0 saturated heterocycles. The van der Waals surface area contributed by atoms with Gasteiger partial charge in [-0.05, 0) is 28.5 Å². The van der Waals surface area contributed by atoms with Gasteiger partial charge >= 0.3 is 7.82 Å². The van der Waals surface area contributed by atoms with Crippen molar-refractivity contribution in [3.8, 4) is 0 Å². The summed E-state index contributed by atoms with van der Waals surface area (Å²) in [4.78, 5) is 0. The molecule has 0 aromatic heterocycles. The first-order valence-electron chi connectivity index (χ1n) is 7.80. The normalized spacial score (nSPS) is 12.3. The second kappa shape index (κ2) is 7.66. The molecule has 128 valence electrons. The zero-order chi connectivity index (χ0) is 17.7. The smallest absolute Gasteiger partial charge is 0.403 e. The van der Waals surface area contributed by atoms with Crippen LogP contribution in [0.5, 0.6) is 0 Å². The average molecular weight is 354 g/mol. The number of rotatable bonds is 6. The van der Waals surface area contributed by atoms with E-state index in [1.54, 1.807) is 0 Å². The minimum atomic E-state index is -3.67. The van der Waals surface area contributed by atoms with Crippen molar-refractivity contribution in [3.63, 3.8) is 0 Å². The Hall–Kier alpha value is -2.39. The maximum Gasteiger partial charge on any atom is 0.529 e. The third-order valence-corrected chi connectivity index (χ3v) is 5.10. The predicted molar refractivity (Wildman–Crippen MR) is 101 cm³/mol. The number of phosphoric ester groups is 1. The van der Waals surface area contributed by atoms with E-state index in [1.165, 1.54) is 14.2 Å². The van der Waals surface area contributed by atoms with Crippen LogP contribution in [0.2, 0.25) is 0 Å². The molecule has 0 N–H and O–H groups in total. The van der Waals surface area contributed by atoms with Crippen LogP contribution >= 0.6 is 7.82 Å². The number of hydrogen-bond donors (Lipinski definition) is 0. The lowest BCUT2D eigenvalue weighted by atomic mass is 10.0. The summed E-state index contributed by atoms with van der Waals surface area (Å²) in [6, 6.07) is 23.6. The van der Waals surface area contributed by atoms with Crippen LogP contribution in [-0.2, 0) is 18.1 Å². The number of phosphoric acid groups is 1. The summed E-state index contributed by atoms with van der Waals surface area (Å²) in [5.74, 6) is 0.420. The van der Waals surface area contributed by atoms with Gasteiger partial charge in [0, 0.05) is 19.8 Å². The molecule has 0 atom stereocenters. The van der Waals surface area contributed by atoms with Crippen LogP contribution in [0, 0.1) is 0 Å². The molecule has 0 fully saturated rings. The van der Waals surface area contributed by atoms with Crippen LogP contribution in [0.4, 0.5) is 0 Å². The molecule has 0 aliphatic rings. The number of fused-ring (bicyclic) bond motifs is 1. The molecular formula is C20H19O4P. The van der Waals surface area contributed by atoms with Gasteiger partial charge in [-0.15, -0.1) is 0 Å². The van der Waals surface area contributed by atoms with E-state index in [1.807, 2.05) is 78.9 Å². The Morgan fingerprint density at radius 1 is 0.840 bits per heavy atom.